The molecule has 0 saturated carbocycles. The molecule has 0 aliphatic heterocycles. The molecule has 0 bridgehead atoms. The number of nitrogens with two attached hydrogens (primary N) is 1. The third-order valence-corrected chi connectivity index (χ3v) is 2.59. The molecule has 0 saturated heterocycles. The Kier molecular flexibility index (Phi) is 4.17. The molecule has 3 N–H and O–H groups in total. The third-order valence-electron chi connectivity index (χ3n) is 2.13. The van der Waals surface area contributed by atoms with Crippen LogP contribution in [0.1, 0.15) is 18.0 Å². The minimum Gasteiger partial charge on any atom is -0.502 e. The minimum absolute atomic E-state index is 0.166. The van der Waals surface area contributed by atoms with Crippen LogP contribution in [-0.4, -0.2) is 16.2 Å². The number of halogens is 4. The third kappa shape index (κ3) is 3.57. The number of phenols is 1. The highest BCUT2D eigenvalue weighted by atomic mass is 79.9. The first kappa shape index (κ1) is 14.7. The lowest BCUT2D eigenvalue weighted by Gasteiger charge is -2.15. The molecule has 100 valence electrons. The number of nitro benzene ring substituents is 1. The van der Waals surface area contributed by atoms with E-state index in [1.807, 2.05) is 0 Å². The van der Waals surface area contributed by atoms with Crippen molar-refractivity contribution in [3.63, 3.8) is 0 Å². The molecule has 1 rings (SSSR count). The molecule has 0 radical (unpaired) electrons. The molecule has 0 aromatic heterocycles. The maximum absolute atomic E-state index is 12.2. The zero-order chi connectivity index (χ0) is 14.1. The lowest BCUT2D eigenvalue weighted by molar-refractivity contribution is -0.386. The van der Waals surface area contributed by atoms with Gasteiger partial charge in [0.2, 0.25) is 0 Å². The monoisotopic (exact) mass is 328 g/mol. The van der Waals surface area contributed by atoms with Gasteiger partial charge in [-0.2, -0.15) is 13.2 Å². The molecule has 0 fully saturated rings. The van der Waals surface area contributed by atoms with Crippen molar-refractivity contribution in [1.82, 2.24) is 0 Å². The van der Waals surface area contributed by atoms with Crippen LogP contribution >= 0.6 is 15.9 Å². The Balaban J connectivity index is 3.20. The Hall–Kier alpha value is -1.35. The zero-order valence-electron chi connectivity index (χ0n) is 8.74. The highest BCUT2D eigenvalue weighted by molar-refractivity contribution is 9.10. The zero-order valence-corrected chi connectivity index (χ0v) is 10.3. The normalized spacial score (nSPS) is 13.4. The van der Waals surface area contributed by atoms with E-state index in [4.69, 9.17) is 5.73 Å². The molecule has 0 aliphatic rings. The summed E-state index contributed by atoms with van der Waals surface area (Å²) in [4.78, 5) is 9.70. The van der Waals surface area contributed by atoms with Crippen LogP contribution in [0, 0.1) is 10.1 Å². The number of aromatic hydroxyl groups is 1. The number of hydrogen-bond donors (Lipinski definition) is 2. The van der Waals surface area contributed by atoms with E-state index >= 15 is 0 Å². The van der Waals surface area contributed by atoms with Crippen LogP contribution < -0.4 is 5.73 Å². The van der Waals surface area contributed by atoms with Gasteiger partial charge in [-0.3, -0.25) is 10.1 Å². The number of benzene rings is 1. The Labute approximate surface area is 108 Å². The van der Waals surface area contributed by atoms with Gasteiger partial charge in [-0.25, -0.2) is 0 Å². The van der Waals surface area contributed by atoms with E-state index in [1.165, 1.54) is 0 Å². The van der Waals surface area contributed by atoms with Gasteiger partial charge in [0.1, 0.15) is 0 Å². The summed E-state index contributed by atoms with van der Waals surface area (Å²) in [6, 6.07) is 0.541. The second-order valence-corrected chi connectivity index (χ2v) is 4.46. The van der Waals surface area contributed by atoms with Gasteiger partial charge in [0.25, 0.3) is 0 Å². The van der Waals surface area contributed by atoms with Crippen molar-refractivity contribution in [2.45, 2.75) is 18.6 Å². The van der Waals surface area contributed by atoms with E-state index in [0.717, 1.165) is 12.1 Å². The highest BCUT2D eigenvalue weighted by Crippen LogP contribution is 2.39. The first-order valence-electron chi connectivity index (χ1n) is 4.61. The molecule has 1 aromatic carbocycles. The molecule has 18 heavy (non-hydrogen) atoms. The summed E-state index contributed by atoms with van der Waals surface area (Å²) in [5.41, 5.74) is 4.27. The van der Waals surface area contributed by atoms with E-state index in [0.29, 0.717) is 0 Å². The number of phenolic OH excluding ortho intramolecular Hbond substituents is 1. The lowest BCUT2D eigenvalue weighted by Crippen LogP contribution is -2.20. The Bertz CT molecular complexity index is 479. The predicted octanol–water partition coefficient (Wildman–Crippen LogP) is 3.02. The van der Waals surface area contributed by atoms with Crippen LogP contribution in [0.15, 0.2) is 16.6 Å². The number of alkyl halides is 3. The number of hydrogen-bond acceptors (Lipinski definition) is 4. The quantitative estimate of drug-likeness (QED) is 0.659. The van der Waals surface area contributed by atoms with Gasteiger partial charge < -0.3 is 10.8 Å². The van der Waals surface area contributed by atoms with Gasteiger partial charge >= 0.3 is 11.9 Å². The maximum Gasteiger partial charge on any atom is 0.390 e. The van der Waals surface area contributed by atoms with Crippen LogP contribution in [0.2, 0.25) is 0 Å². The van der Waals surface area contributed by atoms with Crippen LogP contribution in [0.3, 0.4) is 0 Å². The average Bonchev–Trinajstić information content (AvgIpc) is 2.17. The van der Waals surface area contributed by atoms with Crippen LogP contribution in [0.4, 0.5) is 18.9 Å². The van der Waals surface area contributed by atoms with Gasteiger partial charge in [-0.15, -0.1) is 0 Å². The van der Waals surface area contributed by atoms with Crippen molar-refractivity contribution in [2.24, 2.45) is 5.73 Å². The molecule has 0 aliphatic carbocycles. The largest absolute Gasteiger partial charge is 0.502 e. The summed E-state index contributed by atoms with van der Waals surface area (Å²) in [6.07, 6.45) is -5.91. The fourth-order valence-electron chi connectivity index (χ4n) is 1.39. The van der Waals surface area contributed by atoms with Crippen molar-refractivity contribution < 1.29 is 23.2 Å². The predicted molar refractivity (Wildman–Crippen MR) is 60.1 cm³/mol. The molecule has 0 spiro atoms. The Morgan fingerprint density at radius 2 is 2.06 bits per heavy atom. The highest BCUT2D eigenvalue weighted by Gasteiger charge is 2.33. The fourth-order valence-corrected chi connectivity index (χ4v) is 1.85. The molecule has 0 unspecified atom stereocenters. The maximum atomic E-state index is 12.2. The molecule has 1 atom stereocenters. The molecular weight excluding hydrogens is 321 g/mol. The number of nitro groups is 1. The number of rotatable bonds is 3. The molecule has 5 nitrogen and oxygen atoms in total. The second-order valence-electron chi connectivity index (χ2n) is 3.55. The summed E-state index contributed by atoms with van der Waals surface area (Å²) < 4.78 is 36.7. The van der Waals surface area contributed by atoms with Crippen LogP contribution in [-0.2, 0) is 0 Å². The van der Waals surface area contributed by atoms with E-state index in [1.54, 1.807) is 0 Å². The fraction of sp³-hybridized carbons (Fsp3) is 0.333. The van der Waals surface area contributed by atoms with Crippen molar-refractivity contribution >= 4 is 21.6 Å². The van der Waals surface area contributed by atoms with Gasteiger partial charge in [-0.05, 0) is 6.07 Å². The summed E-state index contributed by atoms with van der Waals surface area (Å²) in [6.45, 7) is 0. The molecule has 9 heteroatoms. The Morgan fingerprint density at radius 1 is 1.50 bits per heavy atom. The van der Waals surface area contributed by atoms with E-state index in [9.17, 15) is 28.4 Å². The van der Waals surface area contributed by atoms with Crippen molar-refractivity contribution in [3.05, 3.63) is 32.3 Å². The molecule has 1 aromatic rings. The van der Waals surface area contributed by atoms with Crippen LogP contribution in [0.5, 0.6) is 5.75 Å². The first-order chi connectivity index (χ1) is 8.11. The average molecular weight is 329 g/mol. The van der Waals surface area contributed by atoms with Gasteiger partial charge in [-0.1, -0.05) is 15.9 Å². The van der Waals surface area contributed by atoms with Gasteiger partial charge in [0.15, 0.2) is 5.75 Å². The van der Waals surface area contributed by atoms with Crippen LogP contribution in [0.25, 0.3) is 0 Å². The van der Waals surface area contributed by atoms with Gasteiger partial charge in [0.05, 0.1) is 11.3 Å². The van der Waals surface area contributed by atoms with E-state index < -0.39 is 35.0 Å². The summed E-state index contributed by atoms with van der Waals surface area (Å²) >= 11 is 2.91. The SMILES string of the molecule is N[C@@H](CC(F)(F)F)c1cc(Br)cc([N+](=O)[O-])c1O. The smallest absolute Gasteiger partial charge is 0.390 e. The lowest BCUT2D eigenvalue weighted by atomic mass is 10.0. The molecular formula is C9H8BrF3N2O3. The molecule has 0 heterocycles. The first-order valence-corrected chi connectivity index (χ1v) is 5.40. The second kappa shape index (κ2) is 5.11. The van der Waals surface area contributed by atoms with E-state index in [2.05, 4.69) is 15.9 Å². The van der Waals surface area contributed by atoms with Crippen molar-refractivity contribution in [1.29, 1.82) is 0 Å². The van der Waals surface area contributed by atoms with E-state index in [-0.39, 0.29) is 10.0 Å². The summed E-state index contributed by atoms with van der Waals surface area (Å²) in [7, 11) is 0. The minimum atomic E-state index is -4.52. The summed E-state index contributed by atoms with van der Waals surface area (Å²) in [5, 5.41) is 20.1. The van der Waals surface area contributed by atoms with Gasteiger partial charge in [0, 0.05) is 22.1 Å². The topological polar surface area (TPSA) is 89.4 Å². The van der Waals surface area contributed by atoms with Crippen molar-refractivity contribution in [2.75, 3.05) is 0 Å². The summed E-state index contributed by atoms with van der Waals surface area (Å²) in [5.74, 6) is -0.847. The Morgan fingerprint density at radius 3 is 2.50 bits per heavy atom. The van der Waals surface area contributed by atoms with Crippen molar-refractivity contribution in [3.8, 4) is 5.75 Å². The molecule has 0 amide bonds. The number of nitrogens with zero attached hydrogens (tertiary/aromatic N) is 1. The standard InChI is InChI=1S/C9H8BrF3N2O3/c10-4-1-5(6(14)3-9(11,12)13)8(16)7(2-4)15(17)18/h1-2,6,16H,3,14H2/t6-/m0/s1.